The van der Waals surface area contributed by atoms with Gasteiger partial charge in [-0.1, -0.05) is 0 Å². The molecule has 0 saturated carbocycles. The quantitative estimate of drug-likeness (QED) is 0.349. The fraction of sp³-hybridized carbons (Fsp3) is 1.00. The monoisotopic (exact) mass is 139 g/mol. The highest BCUT2D eigenvalue weighted by molar-refractivity contribution is 7.50. The molecular weight excluding hydrogens is 125 g/mol. The van der Waals surface area contributed by atoms with Crippen molar-refractivity contribution in [1.29, 1.82) is 0 Å². The van der Waals surface area contributed by atoms with Crippen LogP contribution in [0.25, 0.3) is 0 Å². The Hall–Kier alpha value is 0.310. The molecule has 52 valence electrons. The molecule has 0 radical (unpaired) electrons. The smallest absolute Gasteiger partial charge is 0.0716 e. The average Bonchev–Trinajstić information content (AvgIpc) is 1.72. The van der Waals surface area contributed by atoms with Crippen molar-refractivity contribution in [3.63, 3.8) is 0 Å². The van der Waals surface area contributed by atoms with Gasteiger partial charge in [0.1, 0.15) is 0 Å². The molecule has 0 aromatic rings. The lowest BCUT2D eigenvalue weighted by Crippen LogP contribution is -1.76. The molecule has 0 aliphatic heterocycles. The van der Waals surface area contributed by atoms with Crippen LogP contribution in [-0.2, 0) is 9.56 Å². The number of nitrogens with two attached hydrogens (primary N) is 1. The molecule has 0 atom stereocenters. The maximum atomic E-state index is 4.61. The number of hydrogen-bond acceptors (Lipinski definition) is 3. The first kappa shape index (κ1) is 11.2. The van der Waals surface area contributed by atoms with E-state index in [1.807, 2.05) is 13.3 Å². The number of rotatable bonds is 2. The van der Waals surface area contributed by atoms with Crippen LogP contribution in [0.1, 0.15) is 0 Å². The summed E-state index contributed by atoms with van der Waals surface area (Å²) in [4.78, 5) is 4.33. The minimum Gasteiger partial charge on any atom is -0.333 e. The second kappa shape index (κ2) is 10.3. The van der Waals surface area contributed by atoms with Crippen molar-refractivity contribution < 1.29 is 9.56 Å². The van der Waals surface area contributed by atoms with Gasteiger partial charge < -0.3 is 5.73 Å². The first-order chi connectivity index (χ1) is 3.77. The van der Waals surface area contributed by atoms with E-state index in [9.17, 15) is 0 Å². The van der Waals surface area contributed by atoms with Crippen molar-refractivity contribution in [3.05, 3.63) is 0 Å². The zero-order valence-corrected chi connectivity index (χ0v) is 6.74. The van der Waals surface area contributed by atoms with E-state index in [2.05, 4.69) is 15.3 Å². The molecule has 0 bridgehead atoms. The molecule has 0 amide bonds. The molecule has 0 aliphatic carbocycles. The Morgan fingerprint density at radius 1 is 1.25 bits per heavy atom. The fourth-order valence-corrected chi connectivity index (χ4v) is 0.447. The molecule has 3 nitrogen and oxygen atoms in total. The van der Waals surface area contributed by atoms with Crippen molar-refractivity contribution in [1.82, 2.24) is 0 Å². The minimum absolute atomic E-state index is 0.323. The zero-order valence-electron chi connectivity index (χ0n) is 5.84. The van der Waals surface area contributed by atoms with E-state index >= 15 is 0 Å². The number of hydrogen-bond donors (Lipinski definition) is 1. The van der Waals surface area contributed by atoms with E-state index in [4.69, 9.17) is 0 Å². The standard InChI is InChI=1S/C3H9O2P.CH5N/c1-4-5-6(2)3;1-2/h1-3H3;2H2,1H3. The Balaban J connectivity index is 0. The summed E-state index contributed by atoms with van der Waals surface area (Å²) in [5.41, 5.74) is 4.50. The molecule has 0 aliphatic rings. The Morgan fingerprint density at radius 2 is 1.62 bits per heavy atom. The van der Waals surface area contributed by atoms with E-state index in [1.54, 1.807) is 0 Å². The summed E-state index contributed by atoms with van der Waals surface area (Å²) in [6, 6.07) is 0. The van der Waals surface area contributed by atoms with Crippen LogP contribution in [0.4, 0.5) is 0 Å². The zero-order chi connectivity index (χ0) is 6.99. The SMILES string of the molecule is CN.COOP(C)C. The summed E-state index contributed by atoms with van der Waals surface area (Å²) in [5, 5.41) is 0. The summed E-state index contributed by atoms with van der Waals surface area (Å²) < 4.78 is 4.61. The molecular formula is C4H14NO2P. The van der Waals surface area contributed by atoms with Gasteiger partial charge in [-0.2, -0.15) is 0 Å². The van der Waals surface area contributed by atoms with Gasteiger partial charge in [-0.05, 0) is 20.4 Å². The highest BCUT2D eigenvalue weighted by Crippen LogP contribution is 2.24. The molecule has 0 aromatic carbocycles. The van der Waals surface area contributed by atoms with Crippen LogP contribution in [0.2, 0.25) is 0 Å². The van der Waals surface area contributed by atoms with Crippen LogP contribution in [-0.4, -0.2) is 27.5 Å². The molecule has 0 unspecified atom stereocenters. The second-order valence-corrected chi connectivity index (χ2v) is 2.83. The summed E-state index contributed by atoms with van der Waals surface area (Å²) in [6.07, 6.45) is 0. The molecule has 2 N–H and O–H groups in total. The third-order valence-electron chi connectivity index (χ3n) is 0.224. The summed E-state index contributed by atoms with van der Waals surface area (Å²) in [5.74, 6) is 0. The predicted octanol–water partition coefficient (Wildman–Crippen LogP) is 0.796. The summed E-state index contributed by atoms with van der Waals surface area (Å²) >= 11 is 0. The molecule has 4 heteroatoms. The van der Waals surface area contributed by atoms with E-state index in [1.165, 1.54) is 14.2 Å². The highest BCUT2D eigenvalue weighted by atomic mass is 31.1. The van der Waals surface area contributed by atoms with E-state index in [0.717, 1.165) is 0 Å². The normalized spacial score (nSPS) is 8.25. The lowest BCUT2D eigenvalue weighted by Gasteiger charge is -1.98. The van der Waals surface area contributed by atoms with Gasteiger partial charge in [0.25, 0.3) is 0 Å². The van der Waals surface area contributed by atoms with Crippen LogP contribution in [0.15, 0.2) is 0 Å². The van der Waals surface area contributed by atoms with Crippen LogP contribution < -0.4 is 5.73 Å². The van der Waals surface area contributed by atoms with E-state index in [-0.39, 0.29) is 8.15 Å². The first-order valence-corrected chi connectivity index (χ1v) is 4.38. The molecule has 0 spiro atoms. The summed E-state index contributed by atoms with van der Waals surface area (Å²) in [6.45, 7) is 3.94. The lowest BCUT2D eigenvalue weighted by atomic mass is 11.6. The highest BCUT2D eigenvalue weighted by Gasteiger charge is 1.85. The third-order valence-corrected chi connectivity index (χ3v) is 0.671. The van der Waals surface area contributed by atoms with Gasteiger partial charge in [0.05, 0.1) is 15.3 Å². The van der Waals surface area contributed by atoms with Crippen molar-refractivity contribution in [2.24, 2.45) is 5.73 Å². The molecule has 0 rings (SSSR count). The molecule has 0 fully saturated rings. The third kappa shape index (κ3) is 16.2. The molecule has 0 aromatic heterocycles. The Morgan fingerprint density at radius 3 is 1.62 bits per heavy atom. The maximum Gasteiger partial charge on any atom is 0.0716 e. The van der Waals surface area contributed by atoms with Crippen LogP contribution >= 0.6 is 8.15 Å². The van der Waals surface area contributed by atoms with Gasteiger partial charge in [0.2, 0.25) is 0 Å². The topological polar surface area (TPSA) is 44.5 Å². The van der Waals surface area contributed by atoms with Crippen LogP contribution in [0, 0.1) is 0 Å². The van der Waals surface area contributed by atoms with E-state index < -0.39 is 0 Å². The van der Waals surface area contributed by atoms with Crippen molar-refractivity contribution in [3.8, 4) is 0 Å². The van der Waals surface area contributed by atoms with Gasteiger partial charge in [0.15, 0.2) is 0 Å². The predicted molar refractivity (Wildman–Crippen MR) is 37.0 cm³/mol. The maximum absolute atomic E-state index is 4.61. The van der Waals surface area contributed by atoms with Gasteiger partial charge in [0, 0.05) is 0 Å². The second-order valence-electron chi connectivity index (χ2n) is 1.05. The summed E-state index contributed by atoms with van der Waals surface area (Å²) in [7, 11) is 2.69. The van der Waals surface area contributed by atoms with Gasteiger partial charge in [-0.15, -0.1) is 0 Å². The Bertz CT molecular complexity index is 35.2. The van der Waals surface area contributed by atoms with E-state index in [0.29, 0.717) is 0 Å². The lowest BCUT2D eigenvalue weighted by molar-refractivity contribution is -0.168. The largest absolute Gasteiger partial charge is 0.333 e. The average molecular weight is 139 g/mol. The van der Waals surface area contributed by atoms with Gasteiger partial charge in [-0.3, -0.25) is 0 Å². The first-order valence-electron chi connectivity index (χ1n) is 2.23. The van der Waals surface area contributed by atoms with Crippen LogP contribution in [0.3, 0.4) is 0 Å². The van der Waals surface area contributed by atoms with Gasteiger partial charge >= 0.3 is 0 Å². The fourth-order valence-electron chi connectivity index (χ4n) is 0.149. The van der Waals surface area contributed by atoms with Crippen molar-refractivity contribution >= 4 is 8.15 Å². The van der Waals surface area contributed by atoms with Gasteiger partial charge in [-0.25, -0.2) is 9.56 Å². The minimum atomic E-state index is -0.323. The van der Waals surface area contributed by atoms with Crippen LogP contribution in [0.5, 0.6) is 0 Å². The Labute approximate surface area is 51.9 Å². The molecule has 8 heavy (non-hydrogen) atoms. The van der Waals surface area contributed by atoms with Crippen molar-refractivity contribution in [2.75, 3.05) is 27.5 Å². The molecule has 0 saturated heterocycles. The molecule has 0 heterocycles. The Kier molecular flexibility index (Phi) is 14.4. The van der Waals surface area contributed by atoms with Crippen molar-refractivity contribution in [2.45, 2.75) is 0 Å².